The molecule has 0 aromatic heterocycles. The van der Waals surface area contributed by atoms with Crippen LogP contribution in [-0.4, -0.2) is 35.9 Å². The lowest BCUT2D eigenvalue weighted by molar-refractivity contribution is -0.125. The van der Waals surface area contributed by atoms with Crippen molar-refractivity contribution in [2.45, 2.75) is 32.2 Å². The molecule has 0 aliphatic carbocycles. The van der Waals surface area contributed by atoms with Crippen molar-refractivity contribution in [2.75, 3.05) is 13.2 Å². The molecule has 0 spiro atoms. The molecule has 1 heterocycles. The predicted molar refractivity (Wildman–Crippen MR) is 131 cm³/mol. The number of hydrogen-bond donors (Lipinski definition) is 2. The van der Waals surface area contributed by atoms with Crippen molar-refractivity contribution < 1.29 is 24.3 Å². The van der Waals surface area contributed by atoms with E-state index in [9.17, 15) is 14.7 Å². The molecule has 0 radical (unpaired) electrons. The summed E-state index contributed by atoms with van der Waals surface area (Å²) < 4.78 is 5.35. The van der Waals surface area contributed by atoms with Gasteiger partial charge in [-0.1, -0.05) is 65.3 Å². The Kier molecular flexibility index (Phi) is 9.73. The molecule has 3 rings (SSSR count). The molecule has 0 saturated carbocycles. The highest BCUT2D eigenvalue weighted by atomic mass is 35.5. The summed E-state index contributed by atoms with van der Waals surface area (Å²) in [4.78, 5) is 30.0. The van der Waals surface area contributed by atoms with Crippen LogP contribution in [0.25, 0.3) is 0 Å². The van der Waals surface area contributed by atoms with Crippen LogP contribution >= 0.6 is 11.6 Å². The number of rotatable bonds is 5. The van der Waals surface area contributed by atoms with Gasteiger partial charge in [0.1, 0.15) is 5.75 Å². The van der Waals surface area contributed by atoms with Gasteiger partial charge >= 0.3 is 5.97 Å². The Morgan fingerprint density at radius 3 is 2.68 bits per heavy atom. The van der Waals surface area contributed by atoms with Gasteiger partial charge in [0, 0.05) is 13.0 Å². The van der Waals surface area contributed by atoms with Crippen molar-refractivity contribution in [2.24, 2.45) is 5.16 Å². The molecular weight excluding hydrogens is 456 g/mol. The molecule has 34 heavy (non-hydrogen) atoms. The number of benzene rings is 2. The maximum absolute atomic E-state index is 12.6. The Bertz CT molecular complexity index is 1080. The summed E-state index contributed by atoms with van der Waals surface area (Å²) in [6.45, 7) is 0.359. The van der Waals surface area contributed by atoms with Crippen LogP contribution in [0.5, 0.6) is 5.75 Å². The minimum atomic E-state index is -0.535. The number of phenolic OH excluding ortho intramolecular Hbond substituents is 1. The number of hydrogen-bond acceptors (Lipinski definition) is 6. The maximum Gasteiger partial charge on any atom is 0.338 e. The topological polar surface area (TPSA) is 97.2 Å². The maximum atomic E-state index is 12.6. The van der Waals surface area contributed by atoms with Gasteiger partial charge in [0.2, 0.25) is 0 Å². The van der Waals surface area contributed by atoms with E-state index in [1.54, 1.807) is 6.08 Å². The van der Waals surface area contributed by atoms with Crippen LogP contribution in [0.2, 0.25) is 5.02 Å². The van der Waals surface area contributed by atoms with E-state index < -0.39 is 5.97 Å². The first-order valence-corrected chi connectivity index (χ1v) is 11.4. The number of esters is 1. The van der Waals surface area contributed by atoms with E-state index in [2.05, 4.69) is 10.5 Å². The predicted octanol–water partition coefficient (Wildman–Crippen LogP) is 4.73. The number of ether oxygens (including phenoxy) is 1. The molecule has 1 aliphatic rings. The van der Waals surface area contributed by atoms with E-state index in [-0.39, 0.29) is 41.9 Å². The van der Waals surface area contributed by atoms with E-state index >= 15 is 0 Å². The molecule has 2 aromatic carbocycles. The summed E-state index contributed by atoms with van der Waals surface area (Å²) >= 11 is 6.32. The molecule has 7 nitrogen and oxygen atoms in total. The zero-order valence-corrected chi connectivity index (χ0v) is 19.5. The van der Waals surface area contributed by atoms with Crippen LogP contribution in [0.15, 0.2) is 71.9 Å². The number of cyclic esters (lactones) is 1. The second-order valence-electron chi connectivity index (χ2n) is 7.60. The van der Waals surface area contributed by atoms with E-state index in [1.165, 1.54) is 12.1 Å². The van der Waals surface area contributed by atoms with Gasteiger partial charge in [-0.2, -0.15) is 0 Å². The van der Waals surface area contributed by atoms with E-state index in [1.807, 2.05) is 48.6 Å². The number of nitrogens with zero attached hydrogens (tertiary/aromatic N) is 1. The summed E-state index contributed by atoms with van der Waals surface area (Å²) in [6.07, 6.45) is 9.99. The number of phenols is 1. The van der Waals surface area contributed by atoms with Crippen molar-refractivity contribution in [3.63, 3.8) is 0 Å². The Morgan fingerprint density at radius 2 is 1.85 bits per heavy atom. The van der Waals surface area contributed by atoms with E-state index in [0.29, 0.717) is 24.2 Å². The fourth-order valence-electron chi connectivity index (χ4n) is 3.24. The first-order chi connectivity index (χ1) is 16.5. The summed E-state index contributed by atoms with van der Waals surface area (Å²) in [5.41, 5.74) is 2.03. The van der Waals surface area contributed by atoms with Crippen molar-refractivity contribution >= 4 is 29.2 Å². The van der Waals surface area contributed by atoms with Crippen LogP contribution in [0.1, 0.15) is 40.7 Å². The Hall–Kier alpha value is -3.58. The van der Waals surface area contributed by atoms with Gasteiger partial charge in [-0.05, 0) is 48.6 Å². The fourth-order valence-corrected chi connectivity index (χ4v) is 3.47. The third-order valence-electron chi connectivity index (χ3n) is 5.01. The molecule has 178 valence electrons. The number of nitrogens with one attached hydrogen (secondary N) is 1. The summed E-state index contributed by atoms with van der Waals surface area (Å²) in [6, 6.07) is 12.4. The molecule has 2 N–H and O–H groups in total. The Labute approximate surface area is 203 Å². The number of aromatic hydroxyl groups is 1. The minimum absolute atomic E-state index is 0.0446. The zero-order chi connectivity index (χ0) is 24.2. The number of amides is 1. The second-order valence-corrected chi connectivity index (χ2v) is 7.97. The number of oxime groups is 1. The van der Waals surface area contributed by atoms with Gasteiger partial charge < -0.3 is 20.0 Å². The highest BCUT2D eigenvalue weighted by molar-refractivity contribution is 6.33. The van der Waals surface area contributed by atoms with Gasteiger partial charge in [0.05, 0.1) is 22.9 Å². The van der Waals surface area contributed by atoms with Gasteiger partial charge in [-0.15, -0.1) is 0 Å². The van der Waals surface area contributed by atoms with Gasteiger partial charge in [0.15, 0.2) is 6.61 Å². The molecule has 8 heteroatoms. The third-order valence-corrected chi connectivity index (χ3v) is 5.43. The van der Waals surface area contributed by atoms with Crippen LogP contribution in [0.4, 0.5) is 0 Å². The molecule has 0 fully saturated rings. The Balaban J connectivity index is 1.74. The summed E-state index contributed by atoms with van der Waals surface area (Å²) in [7, 11) is 0. The molecule has 0 bridgehead atoms. The number of carbonyl (C=O) groups is 2. The van der Waals surface area contributed by atoms with E-state index in [4.69, 9.17) is 21.2 Å². The number of allylic oxidation sites excluding steroid dienone is 3. The van der Waals surface area contributed by atoms with Crippen molar-refractivity contribution in [3.05, 3.63) is 88.5 Å². The number of halogens is 1. The van der Waals surface area contributed by atoms with Gasteiger partial charge in [-0.25, -0.2) is 4.79 Å². The average molecular weight is 483 g/mol. The van der Waals surface area contributed by atoms with E-state index in [0.717, 1.165) is 18.4 Å². The monoisotopic (exact) mass is 482 g/mol. The van der Waals surface area contributed by atoms with Crippen LogP contribution in [-0.2, 0) is 27.3 Å². The first-order valence-electron chi connectivity index (χ1n) is 11.0. The van der Waals surface area contributed by atoms with Crippen LogP contribution in [0.3, 0.4) is 0 Å². The second kappa shape index (κ2) is 13.2. The highest BCUT2D eigenvalue weighted by Crippen LogP contribution is 2.31. The minimum Gasteiger partial charge on any atom is -0.506 e. The lowest BCUT2D eigenvalue weighted by Gasteiger charge is -2.13. The van der Waals surface area contributed by atoms with Crippen molar-refractivity contribution in [1.29, 1.82) is 0 Å². The standard InChI is InChI=1S/C26H27ClN2O5/c27-25-22-16-20(29-34-18-24(31)28-17-19-10-6-5-7-11-19)12-8-3-1-2-4-9-15-33-26(32)21(22)13-14-23(25)30/h2,4-8,10-14,30H,1,3,9,15-18H2,(H,28,31)/b4-2+,12-8+,29-20-. The number of carbonyl (C=O) groups excluding carboxylic acids is 2. The highest BCUT2D eigenvalue weighted by Gasteiger charge is 2.20. The largest absolute Gasteiger partial charge is 0.506 e. The van der Waals surface area contributed by atoms with Crippen LogP contribution in [0, 0.1) is 0 Å². The molecule has 1 aliphatic heterocycles. The van der Waals surface area contributed by atoms with Crippen LogP contribution < -0.4 is 5.32 Å². The van der Waals surface area contributed by atoms with Gasteiger partial charge in [0.25, 0.3) is 5.91 Å². The molecule has 2 aromatic rings. The summed E-state index contributed by atoms with van der Waals surface area (Å²) in [5.74, 6) is -1.00. The number of fused-ring (bicyclic) bond motifs is 1. The Morgan fingerprint density at radius 1 is 1.09 bits per heavy atom. The first kappa shape index (κ1) is 25.1. The zero-order valence-electron chi connectivity index (χ0n) is 18.7. The third kappa shape index (κ3) is 7.78. The molecule has 1 amide bonds. The van der Waals surface area contributed by atoms with Crippen molar-refractivity contribution in [3.8, 4) is 5.75 Å². The fraction of sp³-hybridized carbons (Fsp3) is 0.269. The molecule has 0 saturated heterocycles. The van der Waals surface area contributed by atoms with Crippen molar-refractivity contribution in [1.82, 2.24) is 5.32 Å². The molecule has 0 unspecified atom stereocenters. The lowest BCUT2D eigenvalue weighted by Crippen LogP contribution is -2.26. The quantitative estimate of drug-likeness (QED) is 0.365. The average Bonchev–Trinajstić information content (AvgIpc) is 2.84. The SMILES string of the molecule is O=C(CO/N=C1/C=C/CC/C=C/CCOC(=O)c2ccc(O)c(Cl)c2C1)NCc1ccccc1. The summed E-state index contributed by atoms with van der Waals surface area (Å²) in [5, 5.41) is 17.0. The molecular formula is C26H27ClN2O5. The van der Waals surface area contributed by atoms with Gasteiger partial charge in [-0.3, -0.25) is 4.79 Å². The smallest absolute Gasteiger partial charge is 0.338 e. The lowest BCUT2D eigenvalue weighted by atomic mass is 10.0. The molecule has 0 atom stereocenters. The normalized spacial score (nSPS) is 17.7.